The molecule has 0 aliphatic heterocycles. The Morgan fingerprint density at radius 3 is 2.67 bits per heavy atom. The zero-order chi connectivity index (χ0) is 15.9. The van der Waals surface area contributed by atoms with Crippen molar-refractivity contribution in [3.05, 3.63) is 0 Å². The molecule has 2 amide bonds. The molecule has 0 saturated heterocycles. The minimum atomic E-state index is -0.753. The van der Waals surface area contributed by atoms with Crippen molar-refractivity contribution < 1.29 is 9.59 Å². The van der Waals surface area contributed by atoms with Gasteiger partial charge in [0.05, 0.1) is 12.6 Å². The maximum absolute atomic E-state index is 11.9. The largest absolute Gasteiger partial charge is 0.347 e. The molecule has 0 bridgehead atoms. The van der Waals surface area contributed by atoms with Crippen molar-refractivity contribution in [2.75, 3.05) is 6.54 Å². The molecule has 2 N–H and O–H groups in total. The third-order valence-corrected chi connectivity index (χ3v) is 3.98. The Balaban J connectivity index is 2.38. The van der Waals surface area contributed by atoms with E-state index in [-0.39, 0.29) is 18.4 Å². The summed E-state index contributed by atoms with van der Waals surface area (Å²) in [5, 5.41) is 14.8. The number of nitriles is 1. The van der Waals surface area contributed by atoms with Crippen LogP contribution in [-0.4, -0.2) is 23.9 Å². The summed E-state index contributed by atoms with van der Waals surface area (Å²) in [4.78, 5) is 23.5. The van der Waals surface area contributed by atoms with E-state index in [9.17, 15) is 14.9 Å². The summed E-state index contributed by atoms with van der Waals surface area (Å²) < 4.78 is 0. The summed E-state index contributed by atoms with van der Waals surface area (Å²) >= 11 is 0. The Hall–Kier alpha value is -1.57. The van der Waals surface area contributed by atoms with Crippen molar-refractivity contribution in [3.8, 4) is 6.07 Å². The van der Waals surface area contributed by atoms with Crippen molar-refractivity contribution in [2.45, 2.75) is 64.8 Å². The first kappa shape index (κ1) is 17.5. The van der Waals surface area contributed by atoms with Crippen molar-refractivity contribution in [3.63, 3.8) is 0 Å². The number of carbonyl (C=O) groups excluding carboxylic acids is 2. The van der Waals surface area contributed by atoms with Crippen LogP contribution >= 0.6 is 0 Å². The molecule has 0 aromatic heterocycles. The molecule has 2 unspecified atom stereocenters. The molecule has 1 aliphatic carbocycles. The monoisotopic (exact) mass is 293 g/mol. The number of nitrogens with zero attached hydrogens (tertiary/aromatic N) is 1. The molecule has 5 nitrogen and oxygen atoms in total. The van der Waals surface area contributed by atoms with Crippen molar-refractivity contribution in [2.24, 2.45) is 11.8 Å². The van der Waals surface area contributed by atoms with Crippen LogP contribution in [0.1, 0.15) is 59.3 Å². The summed E-state index contributed by atoms with van der Waals surface area (Å²) in [6.07, 6.45) is 4.69. The number of nitrogens with one attached hydrogen (secondary N) is 2. The van der Waals surface area contributed by atoms with E-state index in [1.165, 1.54) is 0 Å². The molecule has 1 saturated carbocycles. The van der Waals surface area contributed by atoms with Gasteiger partial charge in [-0.15, -0.1) is 0 Å². The van der Waals surface area contributed by atoms with E-state index in [1.807, 2.05) is 0 Å². The molecular weight excluding hydrogens is 266 g/mol. The number of carbonyl (C=O) groups is 2. The van der Waals surface area contributed by atoms with Gasteiger partial charge in [0.15, 0.2) is 0 Å². The van der Waals surface area contributed by atoms with Gasteiger partial charge in [0.1, 0.15) is 5.54 Å². The first-order valence-corrected chi connectivity index (χ1v) is 7.86. The predicted molar refractivity (Wildman–Crippen MR) is 81.2 cm³/mol. The lowest BCUT2D eigenvalue weighted by Crippen LogP contribution is -2.52. The van der Waals surface area contributed by atoms with E-state index in [0.29, 0.717) is 31.1 Å². The molecule has 0 spiro atoms. The van der Waals surface area contributed by atoms with Gasteiger partial charge >= 0.3 is 0 Å². The predicted octanol–water partition coefficient (Wildman–Crippen LogP) is 2.13. The van der Waals surface area contributed by atoms with Crippen molar-refractivity contribution in [1.82, 2.24) is 10.6 Å². The van der Waals surface area contributed by atoms with Crippen LogP contribution < -0.4 is 10.6 Å². The van der Waals surface area contributed by atoms with Gasteiger partial charge in [-0.25, -0.2) is 0 Å². The second-order valence-corrected chi connectivity index (χ2v) is 6.65. The second-order valence-electron chi connectivity index (χ2n) is 6.65. The van der Waals surface area contributed by atoms with Gasteiger partial charge in [0.2, 0.25) is 11.8 Å². The fourth-order valence-electron chi connectivity index (χ4n) is 2.79. The van der Waals surface area contributed by atoms with Crippen LogP contribution in [0.25, 0.3) is 0 Å². The highest BCUT2D eigenvalue weighted by Gasteiger charge is 2.36. The summed E-state index contributed by atoms with van der Waals surface area (Å²) in [5.74, 6) is 0.528. The molecule has 0 aromatic rings. The van der Waals surface area contributed by atoms with Gasteiger partial charge in [-0.1, -0.05) is 27.2 Å². The van der Waals surface area contributed by atoms with Crippen LogP contribution in [0.15, 0.2) is 0 Å². The third-order valence-electron chi connectivity index (χ3n) is 3.98. The fourth-order valence-corrected chi connectivity index (χ4v) is 2.79. The maximum atomic E-state index is 11.9. The van der Waals surface area contributed by atoms with Gasteiger partial charge in [-0.3, -0.25) is 9.59 Å². The van der Waals surface area contributed by atoms with Crippen LogP contribution in [0.2, 0.25) is 0 Å². The number of rotatable bonds is 6. The first-order valence-electron chi connectivity index (χ1n) is 7.86. The van der Waals surface area contributed by atoms with Crippen LogP contribution in [0.5, 0.6) is 0 Å². The zero-order valence-electron chi connectivity index (χ0n) is 13.4. The highest BCUT2D eigenvalue weighted by atomic mass is 16.2. The molecule has 0 aromatic carbocycles. The molecule has 0 radical (unpaired) electrons. The lowest BCUT2D eigenvalue weighted by atomic mass is 9.77. The molecule has 2 atom stereocenters. The molecular formula is C16H27N3O2. The number of amides is 2. The fraction of sp³-hybridized carbons (Fsp3) is 0.812. The zero-order valence-corrected chi connectivity index (χ0v) is 13.4. The molecule has 0 heterocycles. The van der Waals surface area contributed by atoms with Gasteiger partial charge in [-0.05, 0) is 37.5 Å². The highest BCUT2D eigenvalue weighted by molar-refractivity contribution is 5.85. The third kappa shape index (κ3) is 6.16. The molecule has 1 rings (SSSR count). The molecule has 118 valence electrons. The molecule has 21 heavy (non-hydrogen) atoms. The van der Waals surface area contributed by atoms with E-state index in [2.05, 4.69) is 37.5 Å². The Kier molecular flexibility index (Phi) is 6.67. The number of hydrogen-bond acceptors (Lipinski definition) is 3. The summed E-state index contributed by atoms with van der Waals surface area (Å²) in [6.45, 7) is 6.17. The van der Waals surface area contributed by atoms with Crippen LogP contribution in [-0.2, 0) is 9.59 Å². The van der Waals surface area contributed by atoms with Crippen LogP contribution in [0.3, 0.4) is 0 Å². The van der Waals surface area contributed by atoms with Crippen molar-refractivity contribution >= 4 is 11.8 Å². The van der Waals surface area contributed by atoms with Crippen LogP contribution in [0, 0.1) is 23.2 Å². The maximum Gasteiger partial charge on any atom is 0.240 e. The van der Waals surface area contributed by atoms with Gasteiger partial charge < -0.3 is 10.6 Å². The first-order chi connectivity index (χ1) is 9.87. The standard InChI is InChI=1S/C16H27N3O2/c1-12(2)6-7-14(20)18-10-15(21)19-16(11-17)8-4-5-13(3)9-16/h12-13H,4-10H2,1-3H3,(H,18,20)(H,19,21). The number of hydrogen-bond donors (Lipinski definition) is 2. The quantitative estimate of drug-likeness (QED) is 0.787. The normalized spacial score (nSPS) is 25.2. The van der Waals surface area contributed by atoms with E-state index in [0.717, 1.165) is 19.3 Å². The Morgan fingerprint density at radius 1 is 1.38 bits per heavy atom. The topological polar surface area (TPSA) is 82.0 Å². The SMILES string of the molecule is CC(C)CCC(=O)NCC(=O)NC1(C#N)CCCC(C)C1. The van der Waals surface area contributed by atoms with Gasteiger partial charge in [-0.2, -0.15) is 5.26 Å². The summed E-state index contributed by atoms with van der Waals surface area (Å²) in [7, 11) is 0. The van der Waals surface area contributed by atoms with E-state index in [1.54, 1.807) is 0 Å². The summed E-state index contributed by atoms with van der Waals surface area (Å²) in [5.41, 5.74) is -0.753. The average molecular weight is 293 g/mol. The lowest BCUT2D eigenvalue weighted by molar-refractivity contribution is -0.127. The molecule has 5 heteroatoms. The smallest absolute Gasteiger partial charge is 0.240 e. The Bertz CT molecular complexity index is 414. The van der Waals surface area contributed by atoms with Crippen molar-refractivity contribution in [1.29, 1.82) is 5.26 Å². The second kappa shape index (κ2) is 8.02. The van der Waals surface area contributed by atoms with E-state index < -0.39 is 5.54 Å². The lowest BCUT2D eigenvalue weighted by Gasteiger charge is -2.35. The average Bonchev–Trinajstić information content (AvgIpc) is 2.43. The van der Waals surface area contributed by atoms with Gasteiger partial charge in [0.25, 0.3) is 0 Å². The summed E-state index contributed by atoms with van der Waals surface area (Å²) in [6, 6.07) is 2.26. The van der Waals surface area contributed by atoms with Gasteiger partial charge in [0, 0.05) is 6.42 Å². The molecule has 1 aliphatic rings. The minimum Gasteiger partial charge on any atom is -0.347 e. The minimum absolute atomic E-state index is 0.0469. The van der Waals surface area contributed by atoms with E-state index >= 15 is 0 Å². The Morgan fingerprint density at radius 2 is 2.10 bits per heavy atom. The molecule has 1 fully saturated rings. The van der Waals surface area contributed by atoms with Crippen LogP contribution in [0.4, 0.5) is 0 Å². The Labute approximate surface area is 127 Å². The van der Waals surface area contributed by atoms with E-state index in [4.69, 9.17) is 0 Å². The highest BCUT2D eigenvalue weighted by Crippen LogP contribution is 2.31.